The smallest absolute Gasteiger partial charge is 0.0839 e. The molecule has 0 amide bonds. The van der Waals surface area contributed by atoms with Gasteiger partial charge in [0, 0.05) is 44.6 Å². The van der Waals surface area contributed by atoms with Crippen molar-refractivity contribution in [3.05, 3.63) is 228 Å². The van der Waals surface area contributed by atoms with E-state index in [1.54, 1.807) is 0 Å². The summed E-state index contributed by atoms with van der Waals surface area (Å²) in [5, 5.41) is 2.58. The summed E-state index contributed by atoms with van der Waals surface area (Å²) in [7, 11) is 0. The summed E-state index contributed by atoms with van der Waals surface area (Å²) in [5.41, 5.74) is 15.6. The maximum atomic E-state index is 2.66. The van der Waals surface area contributed by atoms with Crippen LogP contribution < -0.4 is 4.90 Å². The second kappa shape index (κ2) is 12.7. The average Bonchev–Trinajstić information content (AvgIpc) is 3.62. The molecule has 2 aliphatic carbocycles. The van der Waals surface area contributed by atoms with Gasteiger partial charge < -0.3 is 9.47 Å². The lowest BCUT2D eigenvalue weighted by Gasteiger charge is -2.60. The predicted molar refractivity (Wildman–Crippen MR) is 244 cm³/mol. The van der Waals surface area contributed by atoms with Crippen LogP contribution in [0.15, 0.2) is 211 Å². The van der Waals surface area contributed by atoms with Gasteiger partial charge in [-0.2, -0.15) is 0 Å². The van der Waals surface area contributed by atoms with E-state index >= 15 is 0 Å². The quantitative estimate of drug-likeness (QED) is 0.159. The molecule has 1 aliphatic heterocycles. The number of rotatable bonds is 5. The van der Waals surface area contributed by atoms with Crippen molar-refractivity contribution < 1.29 is 0 Å². The molecule has 0 bridgehead atoms. The van der Waals surface area contributed by atoms with Crippen molar-refractivity contribution in [2.24, 2.45) is 5.92 Å². The zero-order valence-electron chi connectivity index (χ0n) is 33.5. The van der Waals surface area contributed by atoms with Crippen LogP contribution in [0.25, 0.3) is 44.2 Å². The molecular formula is C56H46N2. The van der Waals surface area contributed by atoms with Crippen LogP contribution in [-0.2, 0) is 10.8 Å². The zero-order chi connectivity index (χ0) is 39.2. The van der Waals surface area contributed by atoms with E-state index in [9.17, 15) is 0 Å². The van der Waals surface area contributed by atoms with Crippen molar-refractivity contribution in [2.45, 2.75) is 44.1 Å². The predicted octanol–water partition coefficient (Wildman–Crippen LogP) is 14.2. The number of aromatic nitrogens is 1. The van der Waals surface area contributed by atoms with Crippen LogP contribution in [0.1, 0.15) is 44.4 Å². The van der Waals surface area contributed by atoms with Crippen molar-refractivity contribution in [2.75, 3.05) is 4.90 Å². The summed E-state index contributed by atoms with van der Waals surface area (Å²) in [6, 6.07) is 67.0. The maximum Gasteiger partial charge on any atom is 0.0839 e. The molecule has 4 atom stereocenters. The largest absolute Gasteiger partial charge is 0.328 e. The van der Waals surface area contributed by atoms with Gasteiger partial charge in [-0.3, -0.25) is 0 Å². The Morgan fingerprint density at radius 1 is 0.500 bits per heavy atom. The summed E-state index contributed by atoms with van der Waals surface area (Å²) in [5.74, 6) is 0.120. The number of hydrogen-bond donors (Lipinski definition) is 0. The topological polar surface area (TPSA) is 8.17 Å². The van der Waals surface area contributed by atoms with Gasteiger partial charge in [0.15, 0.2) is 0 Å². The SMILES string of the molecule is CC1C(c2cccc3c2c2ccccc2n3-c2ccccc2)=CC2(C)C3=C1C(C)(c1ccccc1)C=CC3(C)c1ccccc1N2c1ccc(-c2ccccc2)cc1. The Hall–Kier alpha value is -6.64. The Morgan fingerprint density at radius 2 is 1.10 bits per heavy atom. The Bertz CT molecular complexity index is 2990. The Morgan fingerprint density at radius 3 is 1.86 bits per heavy atom. The molecule has 8 aromatic rings. The average molecular weight is 747 g/mol. The zero-order valence-corrected chi connectivity index (χ0v) is 33.5. The molecule has 0 N–H and O–H groups in total. The van der Waals surface area contributed by atoms with E-state index in [1.807, 2.05) is 0 Å². The highest BCUT2D eigenvalue weighted by Crippen LogP contribution is 2.64. The normalized spacial score (nSPS) is 23.5. The summed E-state index contributed by atoms with van der Waals surface area (Å²) in [6.45, 7) is 9.90. The molecule has 0 spiro atoms. The highest BCUT2D eigenvalue weighted by atomic mass is 15.2. The Labute approximate surface area is 341 Å². The van der Waals surface area contributed by atoms with Crippen molar-refractivity contribution in [3.63, 3.8) is 0 Å². The number of anilines is 2. The highest BCUT2D eigenvalue weighted by molar-refractivity contribution is 6.14. The molecule has 58 heavy (non-hydrogen) atoms. The molecule has 2 nitrogen and oxygen atoms in total. The summed E-state index contributed by atoms with van der Waals surface area (Å²) >= 11 is 0. The van der Waals surface area contributed by atoms with Crippen molar-refractivity contribution in [3.8, 4) is 16.8 Å². The molecule has 0 fully saturated rings. The number of benzene rings is 7. The van der Waals surface area contributed by atoms with Gasteiger partial charge in [-0.25, -0.2) is 0 Å². The van der Waals surface area contributed by atoms with E-state index in [0.29, 0.717) is 0 Å². The van der Waals surface area contributed by atoms with Crippen LogP contribution in [0.3, 0.4) is 0 Å². The van der Waals surface area contributed by atoms with Crippen LogP contribution in [0.2, 0.25) is 0 Å². The van der Waals surface area contributed by atoms with E-state index in [0.717, 1.165) is 0 Å². The number of para-hydroxylation sites is 3. The molecule has 0 saturated heterocycles. The van der Waals surface area contributed by atoms with Crippen LogP contribution in [0, 0.1) is 5.92 Å². The number of nitrogens with zero attached hydrogens (tertiary/aromatic N) is 2. The van der Waals surface area contributed by atoms with Gasteiger partial charge in [0.25, 0.3) is 0 Å². The van der Waals surface area contributed by atoms with Gasteiger partial charge >= 0.3 is 0 Å². The van der Waals surface area contributed by atoms with Gasteiger partial charge in [-0.1, -0.05) is 165 Å². The van der Waals surface area contributed by atoms with E-state index < -0.39 is 5.54 Å². The number of allylic oxidation sites excluding steroid dienone is 4. The molecule has 280 valence electrons. The summed E-state index contributed by atoms with van der Waals surface area (Å²) < 4.78 is 2.45. The van der Waals surface area contributed by atoms with Crippen molar-refractivity contribution in [1.82, 2.24) is 4.57 Å². The fourth-order valence-corrected chi connectivity index (χ4v) is 11.2. The molecule has 3 aliphatic rings. The van der Waals surface area contributed by atoms with E-state index in [-0.39, 0.29) is 16.7 Å². The molecule has 0 radical (unpaired) electrons. The van der Waals surface area contributed by atoms with Crippen LogP contribution in [0.5, 0.6) is 0 Å². The molecule has 1 aromatic heterocycles. The minimum absolute atomic E-state index is 0.120. The number of hydrogen-bond acceptors (Lipinski definition) is 1. The third kappa shape index (κ3) is 4.78. The molecule has 4 unspecified atom stereocenters. The van der Waals surface area contributed by atoms with Crippen molar-refractivity contribution >= 4 is 38.8 Å². The second-order valence-corrected chi connectivity index (χ2v) is 17.0. The van der Waals surface area contributed by atoms with Gasteiger partial charge in [0.2, 0.25) is 0 Å². The summed E-state index contributed by atoms with van der Waals surface area (Å²) in [4.78, 5) is 2.65. The first-order chi connectivity index (χ1) is 28.3. The van der Waals surface area contributed by atoms with Gasteiger partial charge in [0.1, 0.15) is 0 Å². The lowest BCUT2D eigenvalue weighted by atomic mass is 9.50. The minimum Gasteiger partial charge on any atom is -0.328 e. The van der Waals surface area contributed by atoms with Gasteiger partial charge in [-0.05, 0) is 108 Å². The molecule has 2 heterocycles. The molecule has 2 heteroatoms. The summed E-state index contributed by atoms with van der Waals surface area (Å²) in [6.07, 6.45) is 7.72. The third-order valence-corrected chi connectivity index (χ3v) is 13.7. The first kappa shape index (κ1) is 34.6. The van der Waals surface area contributed by atoms with Gasteiger partial charge in [-0.15, -0.1) is 0 Å². The van der Waals surface area contributed by atoms with Gasteiger partial charge in [0.05, 0.1) is 16.6 Å². The molecular weight excluding hydrogens is 701 g/mol. The lowest BCUT2D eigenvalue weighted by molar-refractivity contribution is 0.446. The van der Waals surface area contributed by atoms with E-state index in [1.165, 1.54) is 83.4 Å². The van der Waals surface area contributed by atoms with Crippen LogP contribution in [0.4, 0.5) is 11.4 Å². The Balaban J connectivity index is 1.23. The minimum atomic E-state index is -0.519. The fraction of sp³-hybridized carbons (Fsp3) is 0.143. The molecule has 0 saturated carbocycles. The second-order valence-electron chi connectivity index (χ2n) is 17.0. The fourth-order valence-electron chi connectivity index (χ4n) is 11.2. The third-order valence-electron chi connectivity index (χ3n) is 13.7. The standard InChI is InChI=1S/C56H46N2/c1-38-46(44-26-18-30-50-51(44)45-25-14-16-28-48(45)57(50)42-23-12-7-13-24-42)37-56(4)53-52(38)54(2,41-21-10-6-11-22-41)35-36-55(53,3)47-27-15-17-29-49(47)58(56)43-33-31-40(32-34-43)39-19-8-5-9-20-39/h5-38H,1-4H3. The van der Waals surface area contributed by atoms with Crippen molar-refractivity contribution in [1.29, 1.82) is 0 Å². The van der Waals surface area contributed by atoms with E-state index in [2.05, 4.69) is 237 Å². The first-order valence-corrected chi connectivity index (χ1v) is 20.7. The molecule has 11 rings (SSSR count). The van der Waals surface area contributed by atoms with Crippen LogP contribution in [-0.4, -0.2) is 10.1 Å². The molecule has 7 aromatic carbocycles. The monoisotopic (exact) mass is 746 g/mol. The number of fused-ring (bicyclic) bond motifs is 5. The first-order valence-electron chi connectivity index (χ1n) is 20.7. The Kier molecular flexibility index (Phi) is 7.56. The van der Waals surface area contributed by atoms with Crippen LogP contribution >= 0.6 is 0 Å². The lowest BCUT2D eigenvalue weighted by Crippen LogP contribution is -2.58. The maximum absolute atomic E-state index is 2.66. The van der Waals surface area contributed by atoms with E-state index in [4.69, 9.17) is 0 Å². The highest BCUT2D eigenvalue weighted by Gasteiger charge is 2.58.